The van der Waals surface area contributed by atoms with Crippen LogP contribution >= 0.6 is 0 Å². The molecule has 0 aliphatic carbocycles. The lowest BCUT2D eigenvalue weighted by molar-refractivity contribution is -0.137. The van der Waals surface area contributed by atoms with Crippen LogP contribution in [0.1, 0.15) is 43.4 Å². The number of benzene rings is 3. The highest BCUT2D eigenvalue weighted by molar-refractivity contribution is 7.92. The highest BCUT2D eigenvalue weighted by atomic mass is 32.2. The van der Waals surface area contributed by atoms with Crippen LogP contribution in [0.2, 0.25) is 0 Å². The molecule has 1 N–H and O–H groups in total. The van der Waals surface area contributed by atoms with Gasteiger partial charge < -0.3 is 10.2 Å². The first kappa shape index (κ1) is 27.5. The fourth-order valence-corrected chi connectivity index (χ4v) is 5.93. The first-order valence-corrected chi connectivity index (χ1v) is 13.9. The van der Waals surface area contributed by atoms with Crippen molar-refractivity contribution in [3.05, 3.63) is 90.0 Å². The number of carbonyl (C=O) groups is 1. The molecule has 1 atom stereocenters. The summed E-state index contributed by atoms with van der Waals surface area (Å²) in [5, 5.41) is 2.78. The number of nitrogens with one attached hydrogen (secondary N) is 1. The zero-order valence-corrected chi connectivity index (χ0v) is 21.8. The van der Waals surface area contributed by atoms with Gasteiger partial charge >= 0.3 is 6.18 Å². The number of amides is 1. The third-order valence-electron chi connectivity index (χ3n) is 6.57. The summed E-state index contributed by atoms with van der Waals surface area (Å²) in [6.45, 7) is 3.10. The molecule has 1 saturated heterocycles. The summed E-state index contributed by atoms with van der Waals surface area (Å²) < 4.78 is 67.7. The van der Waals surface area contributed by atoms with Gasteiger partial charge in [-0.1, -0.05) is 36.4 Å². The van der Waals surface area contributed by atoms with E-state index in [1.54, 1.807) is 13.0 Å². The number of carbonyl (C=O) groups excluding carboxylic acids is 1. The molecule has 202 valence electrons. The molecule has 3 aromatic rings. The molecule has 1 unspecified atom stereocenters. The number of piperidine rings is 1. The van der Waals surface area contributed by atoms with Crippen LogP contribution in [0.3, 0.4) is 0 Å². The van der Waals surface area contributed by atoms with Gasteiger partial charge in [-0.3, -0.25) is 9.10 Å². The predicted molar refractivity (Wildman–Crippen MR) is 141 cm³/mol. The predicted octanol–water partition coefficient (Wildman–Crippen LogP) is 5.77. The molecule has 1 aliphatic rings. The minimum atomic E-state index is -4.67. The Hall–Kier alpha value is -3.53. The Morgan fingerprint density at radius 3 is 2.24 bits per heavy atom. The topological polar surface area (TPSA) is 69.7 Å². The molecule has 0 radical (unpaired) electrons. The molecule has 0 spiro atoms. The number of sulfonamides is 1. The molecule has 10 heteroatoms. The lowest BCUT2D eigenvalue weighted by atomic mass is 10.1. The van der Waals surface area contributed by atoms with Gasteiger partial charge in [-0.25, -0.2) is 8.42 Å². The van der Waals surface area contributed by atoms with E-state index in [0.717, 1.165) is 55.4 Å². The van der Waals surface area contributed by atoms with Gasteiger partial charge in [0.25, 0.3) is 10.0 Å². The largest absolute Gasteiger partial charge is 0.416 e. The van der Waals surface area contributed by atoms with Gasteiger partial charge in [0.05, 0.1) is 22.2 Å². The number of nitrogens with zero attached hydrogens (tertiary/aromatic N) is 2. The Balaban J connectivity index is 1.55. The van der Waals surface area contributed by atoms with E-state index in [1.807, 2.05) is 24.3 Å². The monoisotopic (exact) mass is 545 g/mol. The number of anilines is 2. The zero-order valence-electron chi connectivity index (χ0n) is 21.0. The fraction of sp³-hybridized carbons (Fsp3) is 0.321. The van der Waals surface area contributed by atoms with Crippen LogP contribution < -0.4 is 14.5 Å². The molecular weight excluding hydrogens is 515 g/mol. The van der Waals surface area contributed by atoms with Crippen LogP contribution in [0.15, 0.2) is 83.8 Å². The lowest BCUT2D eigenvalue weighted by Gasteiger charge is -2.29. The van der Waals surface area contributed by atoms with Gasteiger partial charge in [0, 0.05) is 18.8 Å². The highest BCUT2D eigenvalue weighted by Gasteiger charge is 2.33. The maximum atomic E-state index is 13.4. The van der Waals surface area contributed by atoms with Crippen LogP contribution in [0.5, 0.6) is 0 Å². The van der Waals surface area contributed by atoms with Gasteiger partial charge in [-0.05, 0) is 74.2 Å². The van der Waals surface area contributed by atoms with Gasteiger partial charge in [0.2, 0.25) is 5.91 Å². The van der Waals surface area contributed by atoms with Crippen molar-refractivity contribution in [2.75, 3.05) is 28.8 Å². The maximum Gasteiger partial charge on any atom is 0.416 e. The SMILES string of the molecule is CC(NC(=O)CN(c1cccc(C(F)(F)F)c1)S(=O)(=O)c1ccccc1)c1ccc(N2CCCCC2)cc1. The van der Waals surface area contributed by atoms with E-state index in [2.05, 4.69) is 10.2 Å². The lowest BCUT2D eigenvalue weighted by Crippen LogP contribution is -2.41. The Kier molecular flexibility index (Phi) is 8.30. The normalized spacial score (nSPS) is 15.1. The second-order valence-electron chi connectivity index (χ2n) is 9.30. The molecule has 1 heterocycles. The van der Waals surface area contributed by atoms with Gasteiger partial charge in [0.1, 0.15) is 6.54 Å². The van der Waals surface area contributed by atoms with Crippen molar-refractivity contribution in [2.45, 2.75) is 43.3 Å². The Bertz CT molecular complexity index is 1340. The van der Waals surface area contributed by atoms with Gasteiger partial charge in [-0.15, -0.1) is 0 Å². The first-order valence-electron chi connectivity index (χ1n) is 12.4. The molecule has 0 aromatic heterocycles. The van der Waals surface area contributed by atoms with Crippen LogP contribution in [0.25, 0.3) is 0 Å². The number of rotatable bonds is 8. The Morgan fingerprint density at radius 2 is 1.61 bits per heavy atom. The van der Waals surface area contributed by atoms with E-state index >= 15 is 0 Å². The summed E-state index contributed by atoms with van der Waals surface area (Å²) in [5.41, 5.74) is 0.676. The average molecular weight is 546 g/mol. The number of hydrogen-bond acceptors (Lipinski definition) is 4. The minimum Gasteiger partial charge on any atom is -0.372 e. The summed E-state index contributed by atoms with van der Waals surface area (Å²) in [4.78, 5) is 15.2. The van der Waals surface area contributed by atoms with Crippen molar-refractivity contribution in [3.8, 4) is 0 Å². The highest BCUT2D eigenvalue weighted by Crippen LogP contribution is 2.33. The summed E-state index contributed by atoms with van der Waals surface area (Å²) >= 11 is 0. The van der Waals surface area contributed by atoms with Crippen LogP contribution in [-0.2, 0) is 21.0 Å². The quantitative estimate of drug-likeness (QED) is 0.390. The van der Waals surface area contributed by atoms with E-state index in [1.165, 1.54) is 36.8 Å². The van der Waals surface area contributed by atoms with Crippen molar-refractivity contribution in [1.29, 1.82) is 0 Å². The summed E-state index contributed by atoms with van der Waals surface area (Å²) in [5.74, 6) is -0.644. The van der Waals surface area contributed by atoms with Gasteiger partial charge in [-0.2, -0.15) is 13.2 Å². The van der Waals surface area contributed by atoms with Crippen LogP contribution in [-0.4, -0.2) is 34.0 Å². The summed E-state index contributed by atoms with van der Waals surface area (Å²) in [7, 11) is -4.33. The number of hydrogen-bond donors (Lipinski definition) is 1. The van der Waals surface area contributed by atoms with E-state index in [9.17, 15) is 26.4 Å². The van der Waals surface area contributed by atoms with Crippen molar-refractivity contribution >= 4 is 27.3 Å². The molecule has 1 aliphatic heterocycles. The van der Waals surface area contributed by atoms with E-state index in [0.29, 0.717) is 4.31 Å². The minimum absolute atomic E-state index is 0.133. The molecule has 6 nitrogen and oxygen atoms in total. The van der Waals surface area contributed by atoms with Crippen molar-refractivity contribution in [2.24, 2.45) is 0 Å². The zero-order chi connectivity index (χ0) is 27.3. The molecule has 1 amide bonds. The van der Waals surface area contributed by atoms with Gasteiger partial charge in [0.15, 0.2) is 0 Å². The standard InChI is InChI=1S/C28H30F3N3O3S/c1-21(22-13-15-24(16-14-22)33-17-6-3-7-18-33)32-27(35)20-34(38(36,37)26-11-4-2-5-12-26)25-10-8-9-23(19-25)28(29,30)31/h2,4-5,8-16,19,21H,3,6-7,17-18,20H2,1H3,(H,32,35). The summed E-state index contributed by atoms with van der Waals surface area (Å²) in [6, 6.07) is 18.6. The molecule has 1 fully saturated rings. The van der Waals surface area contributed by atoms with Crippen molar-refractivity contribution in [1.82, 2.24) is 5.32 Å². The fourth-order valence-electron chi connectivity index (χ4n) is 4.50. The van der Waals surface area contributed by atoms with Crippen LogP contribution in [0, 0.1) is 0 Å². The third kappa shape index (κ3) is 6.48. The maximum absolute atomic E-state index is 13.4. The van der Waals surface area contributed by atoms with E-state index < -0.39 is 40.3 Å². The third-order valence-corrected chi connectivity index (χ3v) is 8.36. The van der Waals surface area contributed by atoms with E-state index in [4.69, 9.17) is 0 Å². The smallest absolute Gasteiger partial charge is 0.372 e. The van der Waals surface area contributed by atoms with Crippen molar-refractivity contribution < 1.29 is 26.4 Å². The van der Waals surface area contributed by atoms with E-state index in [-0.39, 0.29) is 10.6 Å². The second-order valence-corrected chi connectivity index (χ2v) is 11.2. The number of halogens is 3. The molecule has 0 bridgehead atoms. The molecule has 4 rings (SSSR count). The first-order chi connectivity index (χ1) is 18.1. The van der Waals surface area contributed by atoms with Crippen molar-refractivity contribution in [3.63, 3.8) is 0 Å². The van der Waals surface area contributed by atoms with Crippen LogP contribution in [0.4, 0.5) is 24.5 Å². The molecular formula is C28H30F3N3O3S. The molecule has 0 saturated carbocycles. The molecule has 3 aromatic carbocycles. The molecule has 38 heavy (non-hydrogen) atoms. The Morgan fingerprint density at radius 1 is 0.947 bits per heavy atom. The summed E-state index contributed by atoms with van der Waals surface area (Å²) in [6.07, 6.45) is -1.13. The second kappa shape index (κ2) is 11.5. The average Bonchev–Trinajstić information content (AvgIpc) is 2.92. The Labute approximate surface area is 221 Å². The number of alkyl halides is 3.